The molecule has 0 bridgehead atoms. The van der Waals surface area contributed by atoms with Crippen LogP contribution in [0.4, 0.5) is 0 Å². The Hall–Kier alpha value is -5.08. The topological polar surface area (TPSA) is 18.1 Å². The highest BCUT2D eigenvalue weighted by Gasteiger charge is 2.20. The van der Waals surface area contributed by atoms with E-state index < -0.39 is 0 Å². The SMILES string of the molecule is c1ccc2c(c1)ccc1c3ccccc3c3c(c4ccccc4n3-c3ccc4oc5ccccc5c4c3)c21. The lowest BCUT2D eigenvalue weighted by atomic mass is 9.93. The van der Waals surface area contributed by atoms with Crippen molar-refractivity contribution in [2.75, 3.05) is 0 Å². The molecule has 38 heavy (non-hydrogen) atoms. The van der Waals surface area contributed by atoms with Crippen molar-refractivity contribution < 1.29 is 4.42 Å². The van der Waals surface area contributed by atoms with Crippen molar-refractivity contribution in [1.82, 2.24) is 4.57 Å². The highest BCUT2D eigenvalue weighted by Crippen LogP contribution is 2.45. The molecule has 9 aromatic rings. The maximum Gasteiger partial charge on any atom is 0.135 e. The van der Waals surface area contributed by atoms with Crippen LogP contribution in [0.25, 0.3) is 81.7 Å². The van der Waals surface area contributed by atoms with Gasteiger partial charge in [0.05, 0.1) is 11.0 Å². The fourth-order valence-corrected chi connectivity index (χ4v) is 6.56. The third-order valence-corrected chi connectivity index (χ3v) is 8.14. The molecule has 0 radical (unpaired) electrons. The Labute approximate surface area is 217 Å². The Morgan fingerprint density at radius 1 is 0.421 bits per heavy atom. The summed E-state index contributed by atoms with van der Waals surface area (Å²) in [6, 6.07) is 45.9. The second-order valence-corrected chi connectivity index (χ2v) is 10.1. The van der Waals surface area contributed by atoms with Crippen LogP contribution in [-0.2, 0) is 0 Å². The van der Waals surface area contributed by atoms with E-state index in [2.05, 4.69) is 120 Å². The van der Waals surface area contributed by atoms with Crippen molar-refractivity contribution in [2.24, 2.45) is 0 Å². The van der Waals surface area contributed by atoms with Crippen molar-refractivity contribution in [3.63, 3.8) is 0 Å². The molecule has 0 spiro atoms. The number of furan rings is 1. The van der Waals surface area contributed by atoms with E-state index in [1.165, 1.54) is 54.1 Å². The first kappa shape index (κ1) is 20.0. The zero-order valence-corrected chi connectivity index (χ0v) is 20.5. The van der Waals surface area contributed by atoms with Crippen molar-refractivity contribution in [3.05, 3.63) is 127 Å². The number of para-hydroxylation sites is 2. The number of rotatable bonds is 1. The fourth-order valence-electron chi connectivity index (χ4n) is 6.56. The molecule has 9 rings (SSSR count). The highest BCUT2D eigenvalue weighted by atomic mass is 16.3. The third kappa shape index (κ3) is 2.51. The smallest absolute Gasteiger partial charge is 0.135 e. The van der Waals surface area contributed by atoms with Gasteiger partial charge in [0, 0.05) is 38.0 Å². The van der Waals surface area contributed by atoms with Gasteiger partial charge in [0.15, 0.2) is 0 Å². The van der Waals surface area contributed by atoms with Gasteiger partial charge in [0.25, 0.3) is 0 Å². The molecular formula is C36H21NO. The van der Waals surface area contributed by atoms with E-state index in [1.807, 2.05) is 12.1 Å². The molecule has 0 aliphatic rings. The zero-order chi connectivity index (χ0) is 24.8. The first-order valence-electron chi connectivity index (χ1n) is 13.0. The van der Waals surface area contributed by atoms with Crippen LogP contribution in [0.5, 0.6) is 0 Å². The lowest BCUT2D eigenvalue weighted by Gasteiger charge is -2.13. The van der Waals surface area contributed by atoms with Gasteiger partial charge in [-0.3, -0.25) is 0 Å². The Morgan fingerprint density at radius 2 is 1.11 bits per heavy atom. The largest absolute Gasteiger partial charge is 0.456 e. The molecule has 0 amide bonds. The molecular weight excluding hydrogens is 462 g/mol. The van der Waals surface area contributed by atoms with E-state index in [4.69, 9.17) is 4.42 Å². The summed E-state index contributed by atoms with van der Waals surface area (Å²) in [7, 11) is 0. The summed E-state index contributed by atoms with van der Waals surface area (Å²) in [5.74, 6) is 0. The van der Waals surface area contributed by atoms with Crippen molar-refractivity contribution in [3.8, 4) is 5.69 Å². The molecule has 0 atom stereocenters. The summed E-state index contributed by atoms with van der Waals surface area (Å²) in [5, 5.41) is 12.6. The van der Waals surface area contributed by atoms with Gasteiger partial charge in [0.1, 0.15) is 11.2 Å². The average Bonchev–Trinajstić information content (AvgIpc) is 3.53. The number of fused-ring (bicyclic) bond motifs is 13. The molecule has 0 unspecified atom stereocenters. The molecule has 0 fully saturated rings. The summed E-state index contributed by atoms with van der Waals surface area (Å²) in [6.07, 6.45) is 0. The van der Waals surface area contributed by atoms with Gasteiger partial charge in [-0.25, -0.2) is 0 Å². The van der Waals surface area contributed by atoms with Crippen LogP contribution in [0.1, 0.15) is 0 Å². The van der Waals surface area contributed by atoms with E-state index in [-0.39, 0.29) is 0 Å². The predicted molar refractivity (Wildman–Crippen MR) is 161 cm³/mol. The minimum atomic E-state index is 0.914. The van der Waals surface area contributed by atoms with Crippen LogP contribution >= 0.6 is 0 Å². The monoisotopic (exact) mass is 483 g/mol. The van der Waals surface area contributed by atoms with Gasteiger partial charge in [-0.15, -0.1) is 0 Å². The van der Waals surface area contributed by atoms with Crippen LogP contribution in [0.15, 0.2) is 132 Å². The lowest BCUT2D eigenvalue weighted by molar-refractivity contribution is 0.669. The van der Waals surface area contributed by atoms with Crippen molar-refractivity contribution in [2.45, 2.75) is 0 Å². The van der Waals surface area contributed by atoms with Crippen LogP contribution in [0.2, 0.25) is 0 Å². The van der Waals surface area contributed by atoms with Gasteiger partial charge in [0.2, 0.25) is 0 Å². The van der Waals surface area contributed by atoms with Gasteiger partial charge < -0.3 is 8.98 Å². The van der Waals surface area contributed by atoms with Crippen molar-refractivity contribution in [1.29, 1.82) is 0 Å². The number of hydrogen-bond acceptors (Lipinski definition) is 1. The predicted octanol–water partition coefficient (Wildman–Crippen LogP) is 10.1. The van der Waals surface area contributed by atoms with Gasteiger partial charge in [-0.1, -0.05) is 97.1 Å². The first-order chi connectivity index (χ1) is 18.9. The summed E-state index contributed by atoms with van der Waals surface area (Å²) in [5.41, 5.74) is 5.43. The molecule has 0 saturated carbocycles. The Bertz CT molecular complexity index is 2400. The van der Waals surface area contributed by atoms with Gasteiger partial charge >= 0.3 is 0 Å². The Morgan fingerprint density at radius 3 is 2.00 bits per heavy atom. The standard InChI is InChI=1S/C36H21NO/c1-2-10-24-22(9-1)17-19-27-25-11-3-4-13-28(25)36-35(34(24)27)29-14-5-7-15-31(29)37(36)23-18-20-33-30(21-23)26-12-6-8-16-32(26)38-33/h1-21H. The quantitative estimate of drug-likeness (QED) is 0.212. The second-order valence-electron chi connectivity index (χ2n) is 10.1. The van der Waals surface area contributed by atoms with Crippen LogP contribution < -0.4 is 0 Å². The minimum Gasteiger partial charge on any atom is -0.456 e. The summed E-state index contributed by atoms with van der Waals surface area (Å²) < 4.78 is 8.62. The Balaban J connectivity index is 1.56. The average molecular weight is 484 g/mol. The minimum absolute atomic E-state index is 0.914. The molecule has 7 aromatic carbocycles. The summed E-state index contributed by atoms with van der Waals surface area (Å²) in [4.78, 5) is 0. The molecule has 0 aliphatic heterocycles. The van der Waals surface area contributed by atoms with E-state index in [9.17, 15) is 0 Å². The normalized spacial score (nSPS) is 12.2. The molecule has 2 heteroatoms. The number of aromatic nitrogens is 1. The summed E-state index contributed by atoms with van der Waals surface area (Å²) in [6.45, 7) is 0. The molecule has 2 aromatic heterocycles. The van der Waals surface area contributed by atoms with Crippen LogP contribution in [0, 0.1) is 0 Å². The van der Waals surface area contributed by atoms with E-state index in [1.54, 1.807) is 0 Å². The Kier molecular flexibility index (Phi) is 3.82. The third-order valence-electron chi connectivity index (χ3n) is 8.14. The number of nitrogens with zero attached hydrogens (tertiary/aromatic N) is 1. The first-order valence-corrected chi connectivity index (χ1v) is 13.0. The van der Waals surface area contributed by atoms with Gasteiger partial charge in [-0.2, -0.15) is 0 Å². The molecule has 0 saturated heterocycles. The second kappa shape index (κ2) is 7.24. The van der Waals surface area contributed by atoms with E-state index >= 15 is 0 Å². The summed E-state index contributed by atoms with van der Waals surface area (Å²) >= 11 is 0. The van der Waals surface area contributed by atoms with Gasteiger partial charge in [-0.05, 0) is 51.9 Å². The van der Waals surface area contributed by atoms with Crippen LogP contribution in [0.3, 0.4) is 0 Å². The zero-order valence-electron chi connectivity index (χ0n) is 20.5. The van der Waals surface area contributed by atoms with E-state index in [0.29, 0.717) is 0 Å². The molecule has 0 aliphatic carbocycles. The molecule has 176 valence electrons. The molecule has 2 heterocycles. The van der Waals surface area contributed by atoms with Crippen molar-refractivity contribution >= 4 is 76.1 Å². The maximum absolute atomic E-state index is 6.17. The molecule has 0 N–H and O–H groups in total. The maximum atomic E-state index is 6.17. The highest BCUT2D eigenvalue weighted by molar-refractivity contribution is 6.36. The lowest BCUT2D eigenvalue weighted by Crippen LogP contribution is -1.95. The number of benzene rings is 7. The van der Waals surface area contributed by atoms with E-state index in [0.717, 1.165) is 27.6 Å². The molecule has 2 nitrogen and oxygen atoms in total. The number of hydrogen-bond donors (Lipinski definition) is 0. The van der Waals surface area contributed by atoms with Crippen LogP contribution in [-0.4, -0.2) is 4.57 Å². The fraction of sp³-hybridized carbons (Fsp3) is 0.